The van der Waals surface area contributed by atoms with Crippen LogP contribution in [0.15, 0.2) is 11.4 Å². The Morgan fingerprint density at radius 1 is 1.67 bits per heavy atom. The van der Waals surface area contributed by atoms with Crippen molar-refractivity contribution in [1.29, 1.82) is 0 Å². The van der Waals surface area contributed by atoms with Crippen molar-refractivity contribution in [2.24, 2.45) is 0 Å². The van der Waals surface area contributed by atoms with Gasteiger partial charge in [0.2, 0.25) is 0 Å². The lowest BCUT2D eigenvalue weighted by atomic mass is 10.1. The van der Waals surface area contributed by atoms with E-state index in [1.54, 1.807) is 11.3 Å². The number of aliphatic hydroxyl groups excluding tert-OH is 1. The SMILES string of the molecule is Cc1ccsc1C(O)CCC1CCCO1. The quantitative estimate of drug-likeness (QED) is 0.855. The average Bonchev–Trinajstić information content (AvgIpc) is 2.84. The molecule has 1 fully saturated rings. The van der Waals surface area contributed by atoms with E-state index in [9.17, 15) is 5.11 Å². The fraction of sp³-hybridized carbons (Fsp3) is 0.667. The summed E-state index contributed by atoms with van der Waals surface area (Å²) in [6.45, 7) is 2.96. The molecular weight excluding hydrogens is 208 g/mol. The second-order valence-electron chi connectivity index (χ2n) is 4.20. The highest BCUT2D eigenvalue weighted by molar-refractivity contribution is 7.10. The molecule has 2 atom stereocenters. The second kappa shape index (κ2) is 5.10. The molecule has 2 unspecified atom stereocenters. The maximum atomic E-state index is 10.0. The highest BCUT2D eigenvalue weighted by Gasteiger charge is 2.18. The van der Waals surface area contributed by atoms with Gasteiger partial charge in [-0.1, -0.05) is 0 Å². The van der Waals surface area contributed by atoms with Crippen LogP contribution >= 0.6 is 11.3 Å². The largest absolute Gasteiger partial charge is 0.388 e. The molecular formula is C12H18O2S. The summed E-state index contributed by atoms with van der Waals surface area (Å²) in [5.74, 6) is 0. The molecule has 2 heterocycles. The van der Waals surface area contributed by atoms with Crippen LogP contribution in [0.1, 0.15) is 42.2 Å². The second-order valence-corrected chi connectivity index (χ2v) is 5.14. The van der Waals surface area contributed by atoms with Gasteiger partial charge in [0.05, 0.1) is 12.2 Å². The van der Waals surface area contributed by atoms with Crippen LogP contribution in [0, 0.1) is 6.92 Å². The molecule has 15 heavy (non-hydrogen) atoms. The zero-order valence-corrected chi connectivity index (χ0v) is 9.93. The monoisotopic (exact) mass is 226 g/mol. The first-order valence-corrected chi connectivity index (χ1v) is 6.49. The summed E-state index contributed by atoms with van der Waals surface area (Å²) < 4.78 is 5.54. The van der Waals surface area contributed by atoms with Gasteiger partial charge in [-0.2, -0.15) is 0 Å². The molecule has 2 nitrogen and oxygen atoms in total. The third kappa shape index (κ3) is 2.80. The van der Waals surface area contributed by atoms with E-state index in [0.29, 0.717) is 6.10 Å². The van der Waals surface area contributed by atoms with Crippen LogP contribution in [0.4, 0.5) is 0 Å². The zero-order valence-electron chi connectivity index (χ0n) is 9.11. The number of rotatable bonds is 4. The first-order valence-electron chi connectivity index (χ1n) is 5.61. The van der Waals surface area contributed by atoms with E-state index in [0.717, 1.165) is 30.7 Å². The average molecular weight is 226 g/mol. The smallest absolute Gasteiger partial charge is 0.0885 e. The van der Waals surface area contributed by atoms with Crippen molar-refractivity contribution in [2.75, 3.05) is 6.61 Å². The summed E-state index contributed by atoms with van der Waals surface area (Å²) in [5, 5.41) is 12.0. The van der Waals surface area contributed by atoms with E-state index in [4.69, 9.17) is 4.74 Å². The standard InChI is InChI=1S/C12H18O2S/c1-9-6-8-15-12(9)11(13)5-4-10-3-2-7-14-10/h6,8,10-11,13H,2-5,7H2,1H3. The minimum absolute atomic E-state index is 0.297. The molecule has 1 aliphatic heterocycles. The number of ether oxygens (including phenoxy) is 1. The lowest BCUT2D eigenvalue weighted by molar-refractivity contribution is 0.0819. The molecule has 1 saturated heterocycles. The molecule has 0 bridgehead atoms. The van der Waals surface area contributed by atoms with E-state index in [2.05, 4.69) is 13.0 Å². The third-order valence-electron chi connectivity index (χ3n) is 2.99. The Morgan fingerprint density at radius 3 is 3.13 bits per heavy atom. The van der Waals surface area contributed by atoms with Crippen molar-refractivity contribution in [3.8, 4) is 0 Å². The van der Waals surface area contributed by atoms with Gasteiger partial charge in [0.25, 0.3) is 0 Å². The van der Waals surface area contributed by atoms with Crippen molar-refractivity contribution >= 4 is 11.3 Å². The number of hydrogen-bond donors (Lipinski definition) is 1. The molecule has 1 aliphatic rings. The number of aliphatic hydroxyl groups is 1. The molecule has 0 spiro atoms. The molecule has 1 aromatic rings. The maximum absolute atomic E-state index is 10.0. The topological polar surface area (TPSA) is 29.5 Å². The first kappa shape index (κ1) is 11.1. The molecule has 0 aliphatic carbocycles. The minimum Gasteiger partial charge on any atom is -0.388 e. The minimum atomic E-state index is -0.297. The van der Waals surface area contributed by atoms with E-state index in [1.165, 1.54) is 12.0 Å². The zero-order chi connectivity index (χ0) is 10.7. The van der Waals surface area contributed by atoms with E-state index >= 15 is 0 Å². The van der Waals surface area contributed by atoms with E-state index < -0.39 is 0 Å². The summed E-state index contributed by atoms with van der Waals surface area (Å²) in [4.78, 5) is 1.12. The number of hydrogen-bond acceptors (Lipinski definition) is 3. The van der Waals surface area contributed by atoms with Crippen LogP contribution in [-0.2, 0) is 4.74 Å². The van der Waals surface area contributed by atoms with Crippen LogP contribution in [0.25, 0.3) is 0 Å². The van der Waals surface area contributed by atoms with Gasteiger partial charge in [0, 0.05) is 11.5 Å². The summed E-state index contributed by atoms with van der Waals surface area (Å²) in [6.07, 6.45) is 4.24. The summed E-state index contributed by atoms with van der Waals surface area (Å²) in [5.41, 5.74) is 1.21. The highest BCUT2D eigenvalue weighted by atomic mass is 32.1. The van der Waals surface area contributed by atoms with Crippen LogP contribution in [0.3, 0.4) is 0 Å². The lowest BCUT2D eigenvalue weighted by Crippen LogP contribution is -2.07. The normalized spacial score (nSPS) is 23.2. The predicted molar refractivity (Wildman–Crippen MR) is 62.2 cm³/mol. The van der Waals surface area contributed by atoms with Gasteiger partial charge in [-0.15, -0.1) is 11.3 Å². The Kier molecular flexibility index (Phi) is 3.78. The summed E-state index contributed by atoms with van der Waals surface area (Å²) in [6, 6.07) is 2.06. The molecule has 3 heteroatoms. The van der Waals surface area contributed by atoms with Crippen molar-refractivity contribution < 1.29 is 9.84 Å². The van der Waals surface area contributed by atoms with Crippen LogP contribution in [-0.4, -0.2) is 17.8 Å². The van der Waals surface area contributed by atoms with Crippen LogP contribution < -0.4 is 0 Å². The van der Waals surface area contributed by atoms with Crippen molar-refractivity contribution in [3.05, 3.63) is 21.9 Å². The Morgan fingerprint density at radius 2 is 2.53 bits per heavy atom. The van der Waals surface area contributed by atoms with Gasteiger partial charge >= 0.3 is 0 Å². The fourth-order valence-corrected chi connectivity index (χ4v) is 3.02. The van der Waals surface area contributed by atoms with Crippen LogP contribution in [0.2, 0.25) is 0 Å². The Bertz CT molecular complexity index is 302. The van der Waals surface area contributed by atoms with Gasteiger partial charge in [0.1, 0.15) is 0 Å². The summed E-state index contributed by atoms with van der Waals surface area (Å²) >= 11 is 1.65. The number of thiophene rings is 1. The molecule has 0 amide bonds. The lowest BCUT2D eigenvalue weighted by Gasteiger charge is -2.13. The Labute approximate surface area is 94.9 Å². The van der Waals surface area contributed by atoms with Gasteiger partial charge in [0.15, 0.2) is 0 Å². The van der Waals surface area contributed by atoms with Crippen molar-refractivity contribution in [2.45, 2.75) is 44.8 Å². The summed E-state index contributed by atoms with van der Waals surface area (Å²) in [7, 11) is 0. The third-order valence-corrected chi connectivity index (χ3v) is 4.11. The predicted octanol–water partition coefficient (Wildman–Crippen LogP) is 3.05. The van der Waals surface area contributed by atoms with Gasteiger partial charge in [-0.3, -0.25) is 0 Å². The van der Waals surface area contributed by atoms with E-state index in [1.807, 2.05) is 5.38 Å². The van der Waals surface area contributed by atoms with Gasteiger partial charge < -0.3 is 9.84 Å². The van der Waals surface area contributed by atoms with Crippen molar-refractivity contribution in [3.63, 3.8) is 0 Å². The molecule has 0 radical (unpaired) electrons. The van der Waals surface area contributed by atoms with Gasteiger partial charge in [-0.25, -0.2) is 0 Å². The molecule has 84 valence electrons. The van der Waals surface area contributed by atoms with Crippen molar-refractivity contribution in [1.82, 2.24) is 0 Å². The fourth-order valence-electron chi connectivity index (χ4n) is 2.07. The van der Waals surface area contributed by atoms with E-state index in [-0.39, 0.29) is 6.10 Å². The molecule has 2 rings (SSSR count). The Balaban J connectivity index is 1.81. The Hall–Kier alpha value is -0.380. The number of aryl methyl sites for hydroxylation is 1. The molecule has 1 aromatic heterocycles. The first-order chi connectivity index (χ1) is 7.27. The highest BCUT2D eigenvalue weighted by Crippen LogP contribution is 2.29. The van der Waals surface area contributed by atoms with Crippen LogP contribution in [0.5, 0.6) is 0 Å². The molecule has 0 saturated carbocycles. The van der Waals surface area contributed by atoms with Gasteiger partial charge in [-0.05, 0) is 49.6 Å². The maximum Gasteiger partial charge on any atom is 0.0885 e. The molecule has 0 aromatic carbocycles. The molecule has 1 N–H and O–H groups in total.